The zero-order chi connectivity index (χ0) is 22.0. The monoisotopic (exact) mass is 433 g/mol. The number of anilines is 1. The molecule has 1 amide bonds. The van der Waals surface area contributed by atoms with Gasteiger partial charge in [-0.05, 0) is 56.2 Å². The van der Waals surface area contributed by atoms with Crippen molar-refractivity contribution in [3.63, 3.8) is 0 Å². The van der Waals surface area contributed by atoms with Crippen molar-refractivity contribution in [2.75, 3.05) is 18.2 Å². The number of rotatable bonds is 6. The van der Waals surface area contributed by atoms with E-state index < -0.39 is 0 Å². The zero-order valence-corrected chi connectivity index (χ0v) is 18.7. The van der Waals surface area contributed by atoms with E-state index in [2.05, 4.69) is 32.7 Å². The van der Waals surface area contributed by atoms with Gasteiger partial charge in [0.25, 0.3) is 0 Å². The first kappa shape index (κ1) is 20.9. The Hall–Kier alpha value is -3.39. The number of fused-ring (bicyclic) bond motifs is 1. The molecule has 7 nitrogen and oxygen atoms in total. The lowest BCUT2D eigenvalue weighted by molar-refractivity contribution is -0.113. The van der Waals surface area contributed by atoms with Crippen molar-refractivity contribution in [2.45, 2.75) is 25.9 Å². The van der Waals surface area contributed by atoms with Crippen LogP contribution in [0.5, 0.6) is 5.75 Å². The summed E-state index contributed by atoms with van der Waals surface area (Å²) in [5, 5.41) is 16.6. The molecular formula is C23H23N5O2S. The predicted molar refractivity (Wildman–Crippen MR) is 123 cm³/mol. The van der Waals surface area contributed by atoms with Crippen LogP contribution in [0.25, 0.3) is 16.9 Å². The van der Waals surface area contributed by atoms with Gasteiger partial charge in [-0.15, -0.1) is 10.2 Å². The largest absolute Gasteiger partial charge is 0.497 e. The van der Waals surface area contributed by atoms with E-state index in [1.54, 1.807) is 11.6 Å². The van der Waals surface area contributed by atoms with Gasteiger partial charge in [0.05, 0.1) is 18.6 Å². The second-order valence-corrected chi connectivity index (χ2v) is 8.26. The van der Waals surface area contributed by atoms with Gasteiger partial charge < -0.3 is 10.1 Å². The number of nitrogens with one attached hydrogen (secondary N) is 1. The van der Waals surface area contributed by atoms with Crippen molar-refractivity contribution in [1.82, 2.24) is 19.8 Å². The van der Waals surface area contributed by atoms with Crippen LogP contribution in [0.1, 0.15) is 16.7 Å². The number of nitrogens with zero attached hydrogens (tertiary/aromatic N) is 4. The van der Waals surface area contributed by atoms with Gasteiger partial charge in [-0.2, -0.15) is 9.61 Å². The molecule has 0 spiro atoms. The number of hydrogen-bond donors (Lipinski definition) is 1. The molecule has 0 fully saturated rings. The standard InChI is InChI=1S/C23H23N5O2S/c1-14-10-15(2)22(16(3)11-14)24-21(29)13-31-23-26-25-20-9-8-19(27-28(20)23)17-6-5-7-18(12-17)30-4/h5-12H,13H2,1-4H3,(H,24,29). The number of thioether (sulfide) groups is 1. The number of methoxy groups -OCH3 is 1. The first-order valence-electron chi connectivity index (χ1n) is 9.82. The summed E-state index contributed by atoms with van der Waals surface area (Å²) in [4.78, 5) is 12.6. The summed E-state index contributed by atoms with van der Waals surface area (Å²) >= 11 is 1.30. The minimum Gasteiger partial charge on any atom is -0.497 e. The summed E-state index contributed by atoms with van der Waals surface area (Å²) in [6.07, 6.45) is 0. The molecule has 0 atom stereocenters. The van der Waals surface area contributed by atoms with E-state index in [-0.39, 0.29) is 11.7 Å². The zero-order valence-electron chi connectivity index (χ0n) is 17.8. The lowest BCUT2D eigenvalue weighted by Gasteiger charge is -2.12. The van der Waals surface area contributed by atoms with Gasteiger partial charge in [0.1, 0.15) is 5.75 Å². The molecule has 2 aromatic carbocycles. The summed E-state index contributed by atoms with van der Waals surface area (Å²) < 4.78 is 6.96. The molecule has 2 heterocycles. The highest BCUT2D eigenvalue weighted by atomic mass is 32.2. The molecule has 0 radical (unpaired) electrons. The summed E-state index contributed by atoms with van der Waals surface area (Å²) in [5.74, 6) is 0.871. The second kappa shape index (κ2) is 8.77. The molecule has 4 aromatic rings. The Balaban J connectivity index is 1.52. The Morgan fingerprint density at radius 2 is 1.84 bits per heavy atom. The van der Waals surface area contributed by atoms with Gasteiger partial charge in [0, 0.05) is 11.3 Å². The molecule has 0 saturated heterocycles. The van der Waals surface area contributed by atoms with Gasteiger partial charge >= 0.3 is 0 Å². The third kappa shape index (κ3) is 4.54. The van der Waals surface area contributed by atoms with Gasteiger partial charge in [0.2, 0.25) is 11.1 Å². The fourth-order valence-corrected chi connectivity index (χ4v) is 4.17. The molecule has 2 aromatic heterocycles. The molecule has 0 bridgehead atoms. The van der Waals surface area contributed by atoms with Crippen molar-refractivity contribution < 1.29 is 9.53 Å². The van der Waals surface area contributed by atoms with E-state index in [4.69, 9.17) is 4.74 Å². The van der Waals surface area contributed by atoms with E-state index in [1.807, 2.05) is 57.2 Å². The predicted octanol–water partition coefficient (Wildman–Crippen LogP) is 4.46. The van der Waals surface area contributed by atoms with Gasteiger partial charge in [0.15, 0.2) is 5.65 Å². The first-order valence-corrected chi connectivity index (χ1v) is 10.8. The van der Waals surface area contributed by atoms with Crippen molar-refractivity contribution in [1.29, 1.82) is 0 Å². The maximum atomic E-state index is 12.6. The maximum absolute atomic E-state index is 12.6. The number of ether oxygens (including phenoxy) is 1. The number of benzene rings is 2. The number of aromatic nitrogens is 4. The number of amides is 1. The van der Waals surface area contributed by atoms with Gasteiger partial charge in [-0.1, -0.05) is 41.6 Å². The summed E-state index contributed by atoms with van der Waals surface area (Å²) in [6.45, 7) is 6.04. The SMILES string of the molecule is COc1cccc(-c2ccc3nnc(SCC(=O)Nc4c(C)cc(C)cc4C)n3n2)c1. The molecule has 1 N–H and O–H groups in total. The number of carbonyl (C=O) groups is 1. The van der Waals surface area contributed by atoms with Crippen molar-refractivity contribution >= 4 is 29.0 Å². The lowest BCUT2D eigenvalue weighted by Crippen LogP contribution is -2.16. The summed E-state index contributed by atoms with van der Waals surface area (Å²) in [6, 6.07) is 15.6. The lowest BCUT2D eigenvalue weighted by atomic mass is 10.1. The van der Waals surface area contributed by atoms with Crippen LogP contribution in [-0.4, -0.2) is 38.6 Å². The fourth-order valence-electron chi connectivity index (χ4n) is 3.48. The Morgan fingerprint density at radius 3 is 2.58 bits per heavy atom. The molecule has 0 unspecified atom stereocenters. The number of hydrogen-bond acceptors (Lipinski definition) is 6. The molecule has 0 aliphatic heterocycles. The topological polar surface area (TPSA) is 81.4 Å². The quantitative estimate of drug-likeness (QED) is 0.452. The van der Waals surface area contributed by atoms with Gasteiger partial charge in [-0.25, -0.2) is 0 Å². The second-order valence-electron chi connectivity index (χ2n) is 7.31. The normalized spacial score (nSPS) is 11.0. The highest BCUT2D eigenvalue weighted by Crippen LogP contribution is 2.25. The van der Waals surface area contributed by atoms with Crippen LogP contribution in [0, 0.1) is 20.8 Å². The molecule has 31 heavy (non-hydrogen) atoms. The molecular weight excluding hydrogens is 410 g/mol. The van der Waals surface area contributed by atoms with Crippen molar-refractivity contribution in [2.24, 2.45) is 0 Å². The van der Waals surface area contributed by atoms with E-state index >= 15 is 0 Å². The minimum absolute atomic E-state index is 0.0965. The third-order valence-electron chi connectivity index (χ3n) is 4.87. The van der Waals surface area contributed by atoms with E-state index in [0.29, 0.717) is 10.8 Å². The average Bonchev–Trinajstić information content (AvgIpc) is 3.17. The molecule has 4 rings (SSSR count). The van der Waals surface area contributed by atoms with Crippen LogP contribution in [-0.2, 0) is 4.79 Å². The van der Waals surface area contributed by atoms with E-state index in [1.165, 1.54) is 17.3 Å². The van der Waals surface area contributed by atoms with Crippen LogP contribution in [0.4, 0.5) is 5.69 Å². The van der Waals surface area contributed by atoms with Gasteiger partial charge in [-0.3, -0.25) is 4.79 Å². The van der Waals surface area contributed by atoms with Crippen LogP contribution >= 0.6 is 11.8 Å². The summed E-state index contributed by atoms with van der Waals surface area (Å²) in [7, 11) is 1.63. The van der Waals surface area contributed by atoms with Crippen LogP contribution < -0.4 is 10.1 Å². The number of aryl methyl sites for hydroxylation is 3. The Kier molecular flexibility index (Phi) is 5.90. The average molecular weight is 434 g/mol. The minimum atomic E-state index is -0.0965. The maximum Gasteiger partial charge on any atom is 0.234 e. The van der Waals surface area contributed by atoms with Crippen molar-refractivity contribution in [3.8, 4) is 17.0 Å². The first-order chi connectivity index (χ1) is 14.9. The molecule has 0 aliphatic rings. The van der Waals surface area contributed by atoms with E-state index in [0.717, 1.165) is 33.8 Å². The highest BCUT2D eigenvalue weighted by Gasteiger charge is 2.13. The molecule has 0 aliphatic carbocycles. The van der Waals surface area contributed by atoms with Crippen LogP contribution in [0.2, 0.25) is 0 Å². The van der Waals surface area contributed by atoms with E-state index in [9.17, 15) is 4.79 Å². The van der Waals surface area contributed by atoms with Crippen LogP contribution in [0.3, 0.4) is 0 Å². The molecule has 158 valence electrons. The third-order valence-corrected chi connectivity index (χ3v) is 5.79. The highest BCUT2D eigenvalue weighted by molar-refractivity contribution is 7.99. The fraction of sp³-hybridized carbons (Fsp3) is 0.217. The number of carbonyl (C=O) groups excluding carboxylic acids is 1. The molecule has 0 saturated carbocycles. The molecule has 8 heteroatoms. The summed E-state index contributed by atoms with van der Waals surface area (Å²) in [5.41, 5.74) is 6.45. The Morgan fingerprint density at radius 1 is 1.06 bits per heavy atom. The van der Waals surface area contributed by atoms with Crippen LogP contribution in [0.15, 0.2) is 53.7 Å². The Labute approximate surface area is 184 Å². The smallest absolute Gasteiger partial charge is 0.234 e. The van der Waals surface area contributed by atoms with Crippen molar-refractivity contribution in [3.05, 3.63) is 65.2 Å². The Bertz CT molecular complexity index is 1250.